The van der Waals surface area contributed by atoms with Crippen LogP contribution in [0.4, 0.5) is 17.6 Å². The average Bonchev–Trinajstić information content (AvgIpc) is 2.85. The molecule has 0 heterocycles. The van der Waals surface area contributed by atoms with Crippen LogP contribution in [0.2, 0.25) is 0 Å². The van der Waals surface area contributed by atoms with Gasteiger partial charge in [0, 0.05) is 22.1 Å². The van der Waals surface area contributed by atoms with Crippen molar-refractivity contribution in [3.05, 3.63) is 113 Å². The first kappa shape index (κ1) is 24.1. The van der Waals surface area contributed by atoms with Crippen LogP contribution in [0.5, 0.6) is 5.75 Å². The fraction of sp³-hybridized carbons (Fsp3) is 0.133. The highest BCUT2D eigenvalue weighted by Gasteiger charge is 2.14. The third-order valence-corrected chi connectivity index (χ3v) is 5.55. The van der Waals surface area contributed by atoms with E-state index in [1.165, 1.54) is 17.7 Å². The third-order valence-electron chi connectivity index (χ3n) is 5.55. The van der Waals surface area contributed by atoms with Gasteiger partial charge in [-0.3, -0.25) is 0 Å². The quantitative estimate of drug-likeness (QED) is 0.155. The molecule has 0 bridgehead atoms. The van der Waals surface area contributed by atoms with Crippen molar-refractivity contribution < 1.29 is 22.3 Å². The summed E-state index contributed by atoms with van der Waals surface area (Å²) in [7, 11) is 0. The molecule has 4 rings (SSSR count). The maximum absolute atomic E-state index is 15.2. The van der Waals surface area contributed by atoms with Crippen molar-refractivity contribution in [3.8, 4) is 28.7 Å². The van der Waals surface area contributed by atoms with Crippen LogP contribution < -0.4 is 4.74 Å². The molecule has 0 aliphatic heterocycles. The van der Waals surface area contributed by atoms with Gasteiger partial charge in [0.25, 0.3) is 0 Å². The molecule has 0 atom stereocenters. The minimum Gasteiger partial charge on any atom is -0.432 e. The topological polar surface area (TPSA) is 9.23 Å². The molecule has 4 aromatic rings. The fourth-order valence-electron chi connectivity index (χ4n) is 3.77. The predicted octanol–water partition coefficient (Wildman–Crippen LogP) is 8.29. The first-order valence-electron chi connectivity index (χ1n) is 11.1. The Hall–Kier alpha value is -4.04. The van der Waals surface area contributed by atoms with E-state index in [2.05, 4.69) is 34.8 Å². The van der Waals surface area contributed by atoms with Crippen molar-refractivity contribution in [2.45, 2.75) is 26.4 Å². The van der Waals surface area contributed by atoms with Gasteiger partial charge in [0.15, 0.2) is 11.6 Å². The molecular weight excluding hydrogens is 452 g/mol. The molecule has 0 aliphatic rings. The second-order valence-corrected chi connectivity index (χ2v) is 7.94. The molecule has 0 saturated heterocycles. The van der Waals surface area contributed by atoms with Crippen LogP contribution in [-0.2, 0) is 6.42 Å². The lowest BCUT2D eigenvalue weighted by Gasteiger charge is -2.10. The van der Waals surface area contributed by atoms with Crippen molar-refractivity contribution >= 4 is 10.8 Å². The predicted molar refractivity (Wildman–Crippen MR) is 131 cm³/mol. The number of hydrogen-bond donors (Lipinski definition) is 0. The van der Waals surface area contributed by atoms with Crippen LogP contribution in [0.25, 0.3) is 21.9 Å². The Balaban J connectivity index is 1.56. The molecule has 0 spiro atoms. The minimum atomic E-state index is -3.14. The van der Waals surface area contributed by atoms with Crippen molar-refractivity contribution in [1.82, 2.24) is 0 Å². The SMILES string of the molecule is C/C=C/CCc1ccc(C#Cc2ccc3c(F)c(-c4ccc(OC(F)F)c(F)c4)ccc3c2)cc1. The largest absolute Gasteiger partial charge is 0.432 e. The van der Waals surface area contributed by atoms with E-state index in [4.69, 9.17) is 0 Å². The lowest BCUT2D eigenvalue weighted by Crippen LogP contribution is -2.03. The van der Waals surface area contributed by atoms with Gasteiger partial charge in [-0.2, -0.15) is 8.78 Å². The Bertz CT molecular complexity index is 1430. The van der Waals surface area contributed by atoms with Gasteiger partial charge in [0.2, 0.25) is 0 Å². The number of fused-ring (bicyclic) bond motifs is 1. The van der Waals surface area contributed by atoms with E-state index in [9.17, 15) is 13.2 Å². The molecule has 0 aromatic heterocycles. The Morgan fingerprint density at radius 1 is 0.857 bits per heavy atom. The first-order valence-corrected chi connectivity index (χ1v) is 11.1. The summed E-state index contributed by atoms with van der Waals surface area (Å²) in [4.78, 5) is 0. The smallest absolute Gasteiger partial charge is 0.387 e. The molecular formula is C30H22F4O. The van der Waals surface area contributed by atoms with E-state index in [0.717, 1.165) is 36.1 Å². The van der Waals surface area contributed by atoms with Gasteiger partial charge in [-0.1, -0.05) is 60.4 Å². The second-order valence-electron chi connectivity index (χ2n) is 7.94. The molecule has 176 valence electrons. The number of ether oxygens (including phenoxy) is 1. The fourth-order valence-corrected chi connectivity index (χ4v) is 3.77. The summed E-state index contributed by atoms with van der Waals surface area (Å²) < 4.78 is 58.1. The van der Waals surface area contributed by atoms with E-state index >= 15 is 4.39 Å². The molecule has 0 unspecified atom stereocenters. The van der Waals surface area contributed by atoms with E-state index in [1.54, 1.807) is 24.3 Å². The van der Waals surface area contributed by atoms with Crippen LogP contribution in [0.3, 0.4) is 0 Å². The van der Waals surface area contributed by atoms with Crippen LogP contribution in [-0.4, -0.2) is 6.61 Å². The van der Waals surface area contributed by atoms with Gasteiger partial charge in [-0.25, -0.2) is 8.78 Å². The maximum atomic E-state index is 15.2. The second kappa shape index (κ2) is 10.9. The summed E-state index contributed by atoms with van der Waals surface area (Å²) in [6.07, 6.45) is 6.17. The van der Waals surface area contributed by atoms with Crippen molar-refractivity contribution in [1.29, 1.82) is 0 Å². The zero-order chi connectivity index (χ0) is 24.8. The normalized spacial score (nSPS) is 11.1. The van der Waals surface area contributed by atoms with Gasteiger partial charge >= 0.3 is 6.61 Å². The summed E-state index contributed by atoms with van der Waals surface area (Å²) in [5, 5.41) is 1.00. The Labute approximate surface area is 201 Å². The van der Waals surface area contributed by atoms with Gasteiger partial charge in [0.05, 0.1) is 0 Å². The van der Waals surface area contributed by atoms with Gasteiger partial charge in [-0.15, -0.1) is 0 Å². The Morgan fingerprint density at radius 3 is 2.31 bits per heavy atom. The molecule has 5 heteroatoms. The monoisotopic (exact) mass is 474 g/mol. The molecule has 0 aliphatic carbocycles. The summed E-state index contributed by atoms with van der Waals surface area (Å²) in [6.45, 7) is -1.13. The van der Waals surface area contributed by atoms with E-state index in [0.29, 0.717) is 10.8 Å². The van der Waals surface area contributed by atoms with Crippen LogP contribution in [0, 0.1) is 23.5 Å². The standard InChI is InChI=1S/C30H22F4O/c1-2-3-4-5-20-6-8-21(9-7-20)10-11-22-12-15-25-23(18-22)13-16-26(29(25)32)24-14-17-28(27(31)19-24)35-30(33)34/h2-3,6-9,12-19,30H,4-5H2,1H3/b3-2+. The lowest BCUT2D eigenvalue weighted by molar-refractivity contribution is -0.0521. The first-order chi connectivity index (χ1) is 16.9. The van der Waals surface area contributed by atoms with Gasteiger partial charge in [0.1, 0.15) is 5.82 Å². The third kappa shape index (κ3) is 5.91. The number of aryl methyl sites for hydroxylation is 1. The average molecular weight is 474 g/mol. The maximum Gasteiger partial charge on any atom is 0.387 e. The molecule has 35 heavy (non-hydrogen) atoms. The molecule has 0 saturated carbocycles. The molecule has 0 radical (unpaired) electrons. The highest BCUT2D eigenvalue weighted by Crippen LogP contribution is 2.32. The number of allylic oxidation sites excluding steroid dienone is 2. The summed E-state index contributed by atoms with van der Waals surface area (Å²) in [5.41, 5.74) is 3.26. The van der Waals surface area contributed by atoms with Crippen LogP contribution in [0.15, 0.2) is 84.9 Å². The summed E-state index contributed by atoms with van der Waals surface area (Å²) in [5.74, 6) is 4.14. The number of rotatable bonds is 6. The zero-order valence-corrected chi connectivity index (χ0v) is 19.0. The number of hydrogen-bond acceptors (Lipinski definition) is 1. The number of benzene rings is 4. The van der Waals surface area contributed by atoms with E-state index < -0.39 is 24.0 Å². The Kier molecular flexibility index (Phi) is 7.52. The van der Waals surface area contributed by atoms with Gasteiger partial charge in [-0.05, 0) is 72.7 Å². The van der Waals surface area contributed by atoms with Crippen molar-refractivity contribution in [3.63, 3.8) is 0 Å². The molecule has 0 amide bonds. The minimum absolute atomic E-state index is 0.161. The molecule has 1 nitrogen and oxygen atoms in total. The van der Waals surface area contributed by atoms with E-state index in [-0.39, 0.29) is 11.1 Å². The number of alkyl halides is 2. The van der Waals surface area contributed by atoms with Crippen molar-refractivity contribution in [2.75, 3.05) is 0 Å². The van der Waals surface area contributed by atoms with E-state index in [1.807, 2.05) is 25.1 Å². The van der Waals surface area contributed by atoms with Crippen LogP contribution >= 0.6 is 0 Å². The highest BCUT2D eigenvalue weighted by atomic mass is 19.3. The summed E-state index contributed by atoms with van der Waals surface area (Å²) >= 11 is 0. The van der Waals surface area contributed by atoms with Crippen molar-refractivity contribution in [2.24, 2.45) is 0 Å². The molecule has 0 N–H and O–H groups in total. The Morgan fingerprint density at radius 2 is 1.60 bits per heavy atom. The van der Waals surface area contributed by atoms with Crippen LogP contribution in [0.1, 0.15) is 30.0 Å². The lowest BCUT2D eigenvalue weighted by atomic mass is 9.98. The molecule has 0 fully saturated rings. The molecule has 4 aromatic carbocycles. The van der Waals surface area contributed by atoms with Gasteiger partial charge < -0.3 is 4.74 Å². The highest BCUT2D eigenvalue weighted by molar-refractivity contribution is 5.89. The number of halogens is 4. The zero-order valence-electron chi connectivity index (χ0n) is 19.0. The summed E-state index contributed by atoms with van der Waals surface area (Å²) in [6, 6.07) is 19.9.